The van der Waals surface area contributed by atoms with E-state index in [0.29, 0.717) is 18.5 Å². The number of hydrogen-bond acceptors (Lipinski definition) is 3. The normalized spacial score (nSPS) is 20.2. The maximum Gasteiger partial charge on any atom is 0.228 e. The Bertz CT molecular complexity index is 368. The van der Waals surface area contributed by atoms with Crippen molar-refractivity contribution in [1.29, 1.82) is 0 Å². The summed E-state index contributed by atoms with van der Waals surface area (Å²) < 4.78 is 7.52. The number of hydrogen-bond donors (Lipinski definition) is 1. The van der Waals surface area contributed by atoms with E-state index in [4.69, 9.17) is 4.74 Å². The van der Waals surface area contributed by atoms with E-state index in [-0.39, 0.29) is 0 Å². The van der Waals surface area contributed by atoms with Crippen molar-refractivity contribution < 1.29 is 4.74 Å². The lowest BCUT2D eigenvalue weighted by atomic mass is 10.0. The van der Waals surface area contributed by atoms with Crippen molar-refractivity contribution in [3.63, 3.8) is 0 Å². The molecular formula is C12H16Br2N2O. The molecule has 1 aromatic rings. The molecule has 0 amide bonds. The highest BCUT2D eigenvalue weighted by Gasteiger charge is 2.12. The Morgan fingerprint density at radius 2 is 2.29 bits per heavy atom. The second-order valence-corrected chi connectivity index (χ2v) is 5.99. The monoisotopic (exact) mass is 362 g/mol. The fourth-order valence-electron chi connectivity index (χ4n) is 1.98. The molecule has 0 spiro atoms. The summed E-state index contributed by atoms with van der Waals surface area (Å²) in [6.07, 6.45) is 6.69. The summed E-state index contributed by atoms with van der Waals surface area (Å²) in [6, 6.07) is 2.55. The van der Waals surface area contributed by atoms with Crippen LogP contribution in [0.15, 0.2) is 21.2 Å². The molecule has 0 radical (unpaired) electrons. The Kier molecular flexibility index (Phi) is 5.25. The number of nitrogens with zero attached hydrogens (tertiary/aromatic N) is 1. The third-order valence-corrected chi connectivity index (χ3v) is 3.89. The number of halogens is 2. The molecule has 0 saturated carbocycles. The third-order valence-electron chi connectivity index (χ3n) is 2.89. The fourth-order valence-corrected chi connectivity index (χ4v) is 3.08. The van der Waals surface area contributed by atoms with Gasteiger partial charge in [-0.1, -0.05) is 6.42 Å². The first-order valence-electron chi connectivity index (χ1n) is 5.93. The Morgan fingerprint density at radius 3 is 3.00 bits per heavy atom. The van der Waals surface area contributed by atoms with E-state index in [1.165, 1.54) is 19.3 Å². The van der Waals surface area contributed by atoms with Crippen molar-refractivity contribution in [1.82, 2.24) is 10.3 Å². The molecule has 94 valence electrons. The van der Waals surface area contributed by atoms with Crippen molar-refractivity contribution in [3.05, 3.63) is 21.2 Å². The highest BCUT2D eigenvalue weighted by Crippen LogP contribution is 2.25. The minimum atomic E-state index is 0.609. The zero-order valence-corrected chi connectivity index (χ0v) is 12.8. The highest BCUT2D eigenvalue weighted by atomic mass is 79.9. The van der Waals surface area contributed by atoms with Gasteiger partial charge in [0.1, 0.15) is 0 Å². The average Bonchev–Trinajstić information content (AvgIpc) is 2.33. The summed E-state index contributed by atoms with van der Waals surface area (Å²) in [5.74, 6) is 0.670. The molecule has 3 nitrogen and oxygen atoms in total. The summed E-state index contributed by atoms with van der Waals surface area (Å²) in [7, 11) is 0. The molecule has 1 fully saturated rings. The quantitative estimate of drug-likeness (QED) is 0.888. The van der Waals surface area contributed by atoms with E-state index in [1.54, 1.807) is 6.20 Å². The van der Waals surface area contributed by atoms with E-state index in [2.05, 4.69) is 42.2 Å². The number of ether oxygens (including phenoxy) is 1. The molecule has 1 unspecified atom stereocenters. The van der Waals surface area contributed by atoms with Crippen molar-refractivity contribution in [2.45, 2.75) is 31.7 Å². The van der Waals surface area contributed by atoms with Gasteiger partial charge < -0.3 is 10.1 Å². The topological polar surface area (TPSA) is 34.1 Å². The van der Waals surface area contributed by atoms with Crippen LogP contribution in [0.2, 0.25) is 0 Å². The van der Waals surface area contributed by atoms with Gasteiger partial charge in [-0.05, 0) is 63.7 Å². The zero-order valence-electron chi connectivity index (χ0n) is 9.59. The van der Waals surface area contributed by atoms with Crippen LogP contribution in [-0.4, -0.2) is 24.2 Å². The van der Waals surface area contributed by atoms with Crippen molar-refractivity contribution in [2.24, 2.45) is 0 Å². The lowest BCUT2D eigenvalue weighted by Gasteiger charge is -2.23. The molecule has 2 heterocycles. The minimum Gasteiger partial charge on any atom is -0.477 e. The fraction of sp³-hybridized carbons (Fsp3) is 0.583. The smallest absolute Gasteiger partial charge is 0.228 e. The van der Waals surface area contributed by atoms with Crippen LogP contribution in [0, 0.1) is 0 Å². The maximum absolute atomic E-state index is 5.68. The molecule has 2 rings (SSSR count). The van der Waals surface area contributed by atoms with Crippen LogP contribution in [0.4, 0.5) is 0 Å². The predicted molar refractivity (Wildman–Crippen MR) is 75.4 cm³/mol. The van der Waals surface area contributed by atoms with E-state index in [9.17, 15) is 0 Å². The lowest BCUT2D eigenvalue weighted by Crippen LogP contribution is -2.35. The summed E-state index contributed by atoms with van der Waals surface area (Å²) in [4.78, 5) is 4.22. The van der Waals surface area contributed by atoms with Gasteiger partial charge in [0, 0.05) is 16.7 Å². The third kappa shape index (κ3) is 4.23. The molecule has 1 aliphatic rings. The zero-order chi connectivity index (χ0) is 12.1. The largest absolute Gasteiger partial charge is 0.477 e. The number of nitrogens with one attached hydrogen (secondary N) is 1. The van der Waals surface area contributed by atoms with Gasteiger partial charge in [0.05, 0.1) is 11.1 Å². The van der Waals surface area contributed by atoms with Crippen LogP contribution in [-0.2, 0) is 0 Å². The highest BCUT2D eigenvalue weighted by molar-refractivity contribution is 9.11. The van der Waals surface area contributed by atoms with E-state index >= 15 is 0 Å². The first-order chi connectivity index (χ1) is 8.25. The van der Waals surface area contributed by atoms with Crippen LogP contribution in [0.5, 0.6) is 5.88 Å². The van der Waals surface area contributed by atoms with Crippen LogP contribution < -0.4 is 10.1 Å². The van der Waals surface area contributed by atoms with Crippen LogP contribution >= 0.6 is 31.9 Å². The van der Waals surface area contributed by atoms with E-state index in [0.717, 1.165) is 21.9 Å². The Balaban J connectivity index is 1.77. The summed E-state index contributed by atoms with van der Waals surface area (Å²) >= 11 is 6.81. The molecular weight excluding hydrogens is 348 g/mol. The number of aromatic nitrogens is 1. The van der Waals surface area contributed by atoms with Crippen LogP contribution in [0.25, 0.3) is 0 Å². The Labute approximate surface area is 119 Å². The van der Waals surface area contributed by atoms with Gasteiger partial charge in [-0.2, -0.15) is 0 Å². The first-order valence-corrected chi connectivity index (χ1v) is 7.51. The van der Waals surface area contributed by atoms with Crippen molar-refractivity contribution in [2.75, 3.05) is 13.2 Å². The number of piperidine rings is 1. The van der Waals surface area contributed by atoms with Gasteiger partial charge in [-0.3, -0.25) is 0 Å². The molecule has 1 N–H and O–H groups in total. The van der Waals surface area contributed by atoms with Crippen LogP contribution in [0.1, 0.15) is 25.7 Å². The molecule has 0 aliphatic carbocycles. The Morgan fingerprint density at radius 1 is 1.41 bits per heavy atom. The second-order valence-electron chi connectivity index (χ2n) is 4.22. The summed E-state index contributed by atoms with van der Waals surface area (Å²) in [6.45, 7) is 1.86. The van der Waals surface area contributed by atoms with E-state index in [1.807, 2.05) is 6.07 Å². The van der Waals surface area contributed by atoms with Gasteiger partial charge in [-0.15, -0.1) is 0 Å². The van der Waals surface area contributed by atoms with Crippen molar-refractivity contribution >= 4 is 31.9 Å². The van der Waals surface area contributed by atoms with Gasteiger partial charge in [0.2, 0.25) is 5.88 Å². The van der Waals surface area contributed by atoms with Gasteiger partial charge >= 0.3 is 0 Å². The Hall–Kier alpha value is -0.130. The number of rotatable bonds is 4. The number of pyridine rings is 1. The maximum atomic E-state index is 5.68. The van der Waals surface area contributed by atoms with Crippen LogP contribution in [0.3, 0.4) is 0 Å². The molecule has 1 atom stereocenters. The van der Waals surface area contributed by atoms with Gasteiger partial charge in [0.25, 0.3) is 0 Å². The molecule has 17 heavy (non-hydrogen) atoms. The summed E-state index contributed by atoms with van der Waals surface area (Å²) in [5.41, 5.74) is 0. The molecule has 0 bridgehead atoms. The average molecular weight is 364 g/mol. The standard InChI is InChI=1S/C12H16Br2N2O/c13-9-7-11(14)12(16-8-9)17-6-4-10-3-1-2-5-15-10/h7-8,10,15H,1-6H2. The molecule has 5 heteroatoms. The molecule has 1 aliphatic heterocycles. The molecule has 1 aromatic heterocycles. The lowest BCUT2D eigenvalue weighted by molar-refractivity contribution is 0.259. The predicted octanol–water partition coefficient (Wildman–Crippen LogP) is 3.52. The SMILES string of the molecule is Brc1cnc(OCCC2CCCCN2)c(Br)c1. The molecule has 0 aromatic carbocycles. The second kappa shape index (κ2) is 6.71. The van der Waals surface area contributed by atoms with Gasteiger partial charge in [0.15, 0.2) is 0 Å². The minimum absolute atomic E-state index is 0.609. The first kappa shape index (κ1) is 13.3. The summed E-state index contributed by atoms with van der Waals surface area (Å²) in [5, 5.41) is 3.51. The van der Waals surface area contributed by atoms with Crippen molar-refractivity contribution in [3.8, 4) is 5.88 Å². The van der Waals surface area contributed by atoms with Gasteiger partial charge in [-0.25, -0.2) is 4.98 Å². The molecule has 1 saturated heterocycles. The van der Waals surface area contributed by atoms with E-state index < -0.39 is 0 Å².